The molecule has 2 N–H and O–H groups in total. The third-order valence-corrected chi connectivity index (χ3v) is 5.12. The fourth-order valence-corrected chi connectivity index (χ4v) is 3.40. The van der Waals surface area contributed by atoms with Gasteiger partial charge in [-0.05, 0) is 42.0 Å². The standard InChI is InChI=1S/C18H22N2O3S2/c1-23-16-8-4-3-7-14(16)17(21)20-15(9-11-24-2)18(22)19-12-13-6-5-10-25-13/h3-8,10,15H,9,11-12H2,1-2H3,(H,19,22)(H,20,21)/t15-/m0/s1. The van der Waals surface area contributed by atoms with E-state index >= 15 is 0 Å². The number of thiophene rings is 1. The van der Waals surface area contributed by atoms with Crippen LogP contribution in [0.5, 0.6) is 5.75 Å². The summed E-state index contributed by atoms with van der Waals surface area (Å²) in [4.78, 5) is 26.1. The molecule has 0 radical (unpaired) electrons. The van der Waals surface area contributed by atoms with Crippen molar-refractivity contribution >= 4 is 34.9 Å². The van der Waals surface area contributed by atoms with Crippen LogP contribution in [0.4, 0.5) is 0 Å². The molecule has 0 spiro atoms. The molecular formula is C18H22N2O3S2. The maximum atomic E-state index is 12.6. The summed E-state index contributed by atoms with van der Waals surface area (Å²) in [6.45, 7) is 0.469. The van der Waals surface area contributed by atoms with Crippen LogP contribution in [0, 0.1) is 0 Å². The molecule has 2 rings (SSSR count). The minimum absolute atomic E-state index is 0.175. The van der Waals surface area contributed by atoms with E-state index in [9.17, 15) is 9.59 Å². The maximum Gasteiger partial charge on any atom is 0.255 e. The molecular weight excluding hydrogens is 356 g/mol. The van der Waals surface area contributed by atoms with Crippen LogP contribution in [0.25, 0.3) is 0 Å². The molecule has 7 heteroatoms. The van der Waals surface area contributed by atoms with Gasteiger partial charge in [-0.15, -0.1) is 11.3 Å². The number of carbonyl (C=O) groups excluding carboxylic acids is 2. The highest BCUT2D eigenvalue weighted by Crippen LogP contribution is 2.17. The van der Waals surface area contributed by atoms with E-state index in [1.54, 1.807) is 47.4 Å². The summed E-state index contributed by atoms with van der Waals surface area (Å²) in [5.74, 6) is 0.784. The van der Waals surface area contributed by atoms with Crippen LogP contribution < -0.4 is 15.4 Å². The second kappa shape index (κ2) is 10.1. The summed E-state index contributed by atoms with van der Waals surface area (Å²) >= 11 is 3.23. The van der Waals surface area contributed by atoms with Gasteiger partial charge in [0.15, 0.2) is 0 Å². The largest absolute Gasteiger partial charge is 0.496 e. The Labute approximate surface area is 156 Å². The first-order valence-corrected chi connectivity index (χ1v) is 10.2. The van der Waals surface area contributed by atoms with Gasteiger partial charge in [0.25, 0.3) is 5.91 Å². The first kappa shape index (κ1) is 19.3. The molecule has 1 atom stereocenters. The van der Waals surface area contributed by atoms with Crippen molar-refractivity contribution in [2.24, 2.45) is 0 Å². The molecule has 1 aromatic heterocycles. The molecule has 0 aliphatic heterocycles. The van der Waals surface area contributed by atoms with E-state index < -0.39 is 6.04 Å². The van der Waals surface area contributed by atoms with Crippen LogP contribution in [0.3, 0.4) is 0 Å². The molecule has 0 aliphatic carbocycles. The van der Waals surface area contributed by atoms with Crippen molar-refractivity contribution < 1.29 is 14.3 Å². The van der Waals surface area contributed by atoms with Crippen molar-refractivity contribution in [1.82, 2.24) is 10.6 Å². The zero-order valence-electron chi connectivity index (χ0n) is 14.3. The lowest BCUT2D eigenvalue weighted by molar-refractivity contribution is -0.123. The van der Waals surface area contributed by atoms with E-state index in [0.717, 1.165) is 10.6 Å². The van der Waals surface area contributed by atoms with Gasteiger partial charge in [0, 0.05) is 4.88 Å². The van der Waals surface area contributed by atoms with Gasteiger partial charge in [-0.25, -0.2) is 0 Å². The van der Waals surface area contributed by atoms with Crippen molar-refractivity contribution in [3.63, 3.8) is 0 Å². The molecule has 134 valence electrons. The quantitative estimate of drug-likeness (QED) is 0.704. The number of benzene rings is 1. The second-order valence-corrected chi connectivity index (χ2v) is 7.32. The lowest BCUT2D eigenvalue weighted by atomic mass is 10.1. The molecule has 0 bridgehead atoms. The highest BCUT2D eigenvalue weighted by atomic mass is 32.2. The summed E-state index contributed by atoms with van der Waals surface area (Å²) in [7, 11) is 1.52. The Hall–Kier alpha value is -1.99. The van der Waals surface area contributed by atoms with Gasteiger partial charge in [0.1, 0.15) is 11.8 Å². The summed E-state index contributed by atoms with van der Waals surface area (Å²) in [5.41, 5.74) is 0.421. The molecule has 0 unspecified atom stereocenters. The predicted molar refractivity (Wildman–Crippen MR) is 103 cm³/mol. The van der Waals surface area contributed by atoms with E-state index in [1.807, 2.05) is 23.8 Å². The molecule has 1 aromatic carbocycles. The Balaban J connectivity index is 2.02. The van der Waals surface area contributed by atoms with Crippen molar-refractivity contribution in [2.45, 2.75) is 19.0 Å². The average Bonchev–Trinajstić information content (AvgIpc) is 3.16. The molecule has 0 saturated carbocycles. The Morgan fingerprint density at radius 2 is 2.04 bits per heavy atom. The Kier molecular flexibility index (Phi) is 7.81. The number of amides is 2. The smallest absolute Gasteiger partial charge is 0.255 e. The lowest BCUT2D eigenvalue weighted by Gasteiger charge is -2.18. The van der Waals surface area contributed by atoms with E-state index in [0.29, 0.717) is 24.3 Å². The normalized spacial score (nSPS) is 11.6. The number of ether oxygens (including phenoxy) is 1. The van der Waals surface area contributed by atoms with Gasteiger partial charge in [-0.2, -0.15) is 11.8 Å². The van der Waals surface area contributed by atoms with Gasteiger partial charge in [0.2, 0.25) is 5.91 Å². The number of thioether (sulfide) groups is 1. The topological polar surface area (TPSA) is 67.4 Å². The SMILES string of the molecule is COc1ccccc1C(=O)N[C@@H](CCSC)C(=O)NCc1cccs1. The van der Waals surface area contributed by atoms with Gasteiger partial charge < -0.3 is 15.4 Å². The van der Waals surface area contributed by atoms with Crippen LogP contribution in [0.15, 0.2) is 41.8 Å². The third kappa shape index (κ3) is 5.79. The monoisotopic (exact) mass is 378 g/mol. The van der Waals surface area contributed by atoms with Crippen molar-refractivity contribution in [1.29, 1.82) is 0 Å². The van der Waals surface area contributed by atoms with Crippen LogP contribution in [0.2, 0.25) is 0 Å². The van der Waals surface area contributed by atoms with Gasteiger partial charge in [-0.3, -0.25) is 9.59 Å². The number of rotatable bonds is 9. The highest BCUT2D eigenvalue weighted by molar-refractivity contribution is 7.98. The Bertz CT molecular complexity index is 689. The summed E-state index contributed by atoms with van der Waals surface area (Å²) in [6.07, 6.45) is 2.54. The summed E-state index contributed by atoms with van der Waals surface area (Å²) in [5, 5.41) is 7.70. The van der Waals surface area contributed by atoms with Crippen LogP contribution >= 0.6 is 23.1 Å². The lowest BCUT2D eigenvalue weighted by Crippen LogP contribution is -2.46. The second-order valence-electron chi connectivity index (χ2n) is 5.30. The van der Waals surface area contributed by atoms with E-state index in [-0.39, 0.29) is 11.8 Å². The first-order valence-electron chi connectivity index (χ1n) is 7.88. The Morgan fingerprint density at radius 1 is 1.24 bits per heavy atom. The number of nitrogens with one attached hydrogen (secondary N) is 2. The zero-order chi connectivity index (χ0) is 18.1. The molecule has 2 amide bonds. The van der Waals surface area contributed by atoms with Crippen LogP contribution in [-0.4, -0.2) is 37.0 Å². The maximum absolute atomic E-state index is 12.6. The minimum atomic E-state index is -0.579. The fraction of sp³-hybridized carbons (Fsp3) is 0.333. The third-order valence-electron chi connectivity index (χ3n) is 3.60. The number of hydrogen-bond donors (Lipinski definition) is 2. The van der Waals surface area contributed by atoms with E-state index in [2.05, 4.69) is 10.6 Å². The fourth-order valence-electron chi connectivity index (χ4n) is 2.28. The van der Waals surface area contributed by atoms with Crippen LogP contribution in [-0.2, 0) is 11.3 Å². The highest BCUT2D eigenvalue weighted by Gasteiger charge is 2.22. The number of carbonyl (C=O) groups is 2. The van der Waals surface area contributed by atoms with Crippen molar-refractivity contribution in [3.05, 3.63) is 52.2 Å². The first-order chi connectivity index (χ1) is 12.2. The van der Waals surface area contributed by atoms with Gasteiger partial charge in [0.05, 0.1) is 19.2 Å². The number of para-hydroxylation sites is 1. The van der Waals surface area contributed by atoms with Gasteiger partial charge >= 0.3 is 0 Å². The van der Waals surface area contributed by atoms with E-state index in [4.69, 9.17) is 4.74 Å². The number of methoxy groups -OCH3 is 1. The summed E-state index contributed by atoms with van der Waals surface area (Å²) < 4.78 is 5.22. The molecule has 5 nitrogen and oxygen atoms in total. The molecule has 0 aliphatic rings. The van der Waals surface area contributed by atoms with Crippen molar-refractivity contribution in [2.75, 3.05) is 19.1 Å². The molecule has 0 fully saturated rings. The molecule has 2 aromatic rings. The summed E-state index contributed by atoms with van der Waals surface area (Å²) in [6, 6.07) is 10.3. The minimum Gasteiger partial charge on any atom is -0.496 e. The Morgan fingerprint density at radius 3 is 2.72 bits per heavy atom. The van der Waals surface area contributed by atoms with E-state index in [1.165, 1.54) is 7.11 Å². The zero-order valence-corrected chi connectivity index (χ0v) is 15.9. The average molecular weight is 379 g/mol. The predicted octanol–water partition coefficient (Wildman–Crippen LogP) is 2.92. The van der Waals surface area contributed by atoms with Crippen LogP contribution in [0.1, 0.15) is 21.7 Å². The molecule has 25 heavy (non-hydrogen) atoms. The molecule has 0 saturated heterocycles. The molecule has 1 heterocycles. The van der Waals surface area contributed by atoms with Gasteiger partial charge in [-0.1, -0.05) is 18.2 Å². The van der Waals surface area contributed by atoms with Crippen molar-refractivity contribution in [3.8, 4) is 5.75 Å². The number of hydrogen-bond acceptors (Lipinski definition) is 5.